The standard InChI is InChI=1S/C48H38N4O4/c1-53-33-13-5-29(6-14-33)45-41-25-21-37(49-41)38-23-27-43(51-38)47(31-9-17-35(55-3)18-10-31)48(32-11-19-36(56-4)20-12-32)44-28-24-40(52-44)39-22-26-42(50-39)46(45)30-7-15-34(54-2)16-8-30/h5-28,49,52H,1-4H3. The Morgan fingerprint density at radius 2 is 0.571 bits per heavy atom. The van der Waals surface area contributed by atoms with Crippen LogP contribution in [0.3, 0.4) is 0 Å². The molecule has 3 aromatic heterocycles. The lowest BCUT2D eigenvalue weighted by molar-refractivity contribution is 0.414. The molecule has 2 aliphatic heterocycles. The minimum Gasteiger partial charge on any atom is -0.497 e. The van der Waals surface area contributed by atoms with Crippen LogP contribution in [0.4, 0.5) is 0 Å². The van der Waals surface area contributed by atoms with Gasteiger partial charge < -0.3 is 28.9 Å². The Morgan fingerprint density at radius 3 is 0.875 bits per heavy atom. The summed E-state index contributed by atoms with van der Waals surface area (Å²) in [6, 6.07) is 41.0. The third-order valence-corrected chi connectivity index (χ3v) is 10.3. The summed E-state index contributed by atoms with van der Waals surface area (Å²) in [6.45, 7) is 0. The molecule has 8 nitrogen and oxygen atoms in total. The van der Waals surface area contributed by atoms with Crippen molar-refractivity contribution in [1.82, 2.24) is 19.9 Å². The van der Waals surface area contributed by atoms with Crippen molar-refractivity contribution in [1.29, 1.82) is 0 Å². The van der Waals surface area contributed by atoms with E-state index in [2.05, 4.69) is 107 Å². The largest absolute Gasteiger partial charge is 0.497 e. The predicted molar refractivity (Wildman–Crippen MR) is 227 cm³/mol. The van der Waals surface area contributed by atoms with Crippen LogP contribution < -0.4 is 18.9 Å². The average Bonchev–Trinajstić information content (AvgIpc) is 4.10. The number of H-pyrrole nitrogens is 2. The van der Waals surface area contributed by atoms with Gasteiger partial charge in [-0.3, -0.25) is 0 Å². The molecule has 7 aromatic rings. The van der Waals surface area contributed by atoms with Gasteiger partial charge in [0.15, 0.2) is 0 Å². The summed E-state index contributed by atoms with van der Waals surface area (Å²) < 4.78 is 22.2. The molecule has 0 spiro atoms. The molecule has 0 atom stereocenters. The summed E-state index contributed by atoms with van der Waals surface area (Å²) in [4.78, 5) is 18.2. The van der Waals surface area contributed by atoms with E-state index in [-0.39, 0.29) is 0 Å². The van der Waals surface area contributed by atoms with Crippen LogP contribution in [-0.4, -0.2) is 48.4 Å². The normalized spacial score (nSPS) is 11.8. The molecule has 0 radical (unpaired) electrons. The summed E-state index contributed by atoms with van der Waals surface area (Å²) >= 11 is 0. The number of benzene rings is 4. The predicted octanol–water partition coefficient (Wildman–Crippen LogP) is 11.4. The van der Waals surface area contributed by atoms with Crippen molar-refractivity contribution in [2.45, 2.75) is 0 Å². The van der Waals surface area contributed by atoms with Gasteiger partial charge in [0.05, 0.1) is 62.2 Å². The smallest absolute Gasteiger partial charge is 0.118 e. The molecule has 0 saturated heterocycles. The highest BCUT2D eigenvalue weighted by Crippen LogP contribution is 2.42. The molecule has 0 fully saturated rings. The Bertz CT molecular complexity index is 2620. The molecule has 0 saturated carbocycles. The summed E-state index contributed by atoms with van der Waals surface area (Å²) in [5.74, 6) is 3.11. The molecule has 56 heavy (non-hydrogen) atoms. The first kappa shape index (κ1) is 34.4. The molecule has 0 amide bonds. The number of fused-ring (bicyclic) bond motifs is 10. The number of hydrogen-bond donors (Lipinski definition) is 2. The maximum Gasteiger partial charge on any atom is 0.118 e. The third-order valence-electron chi connectivity index (χ3n) is 10.3. The number of ether oxygens (including phenoxy) is 4. The Kier molecular flexibility index (Phi) is 8.91. The lowest BCUT2D eigenvalue weighted by atomic mass is 9.93. The topological polar surface area (TPSA) is 94.3 Å². The summed E-state index contributed by atoms with van der Waals surface area (Å²) in [5, 5.41) is 0. The monoisotopic (exact) mass is 734 g/mol. The SMILES string of the molecule is COc1ccc(-c2c3nc(c4ccc([nH]4)c(-c4ccc(OC)cc4)c(-c4ccc(OC)cc4)c4nc(c5ccc([nH]5)c2-c2ccc(OC)cc2)C=C4)C=C3)cc1. The molecule has 274 valence electrons. The molecule has 8 bridgehead atoms. The van der Waals surface area contributed by atoms with Crippen LogP contribution in [0.5, 0.6) is 23.0 Å². The Hall–Kier alpha value is -7.32. The minimum absolute atomic E-state index is 0.776. The highest BCUT2D eigenvalue weighted by molar-refractivity contribution is 6.01. The number of hydrogen-bond acceptors (Lipinski definition) is 6. The third kappa shape index (κ3) is 6.27. The van der Waals surface area contributed by atoms with Crippen LogP contribution in [0.25, 0.3) is 90.9 Å². The number of nitrogens with zero attached hydrogens (tertiary/aromatic N) is 2. The van der Waals surface area contributed by atoms with E-state index >= 15 is 0 Å². The van der Waals surface area contributed by atoms with Gasteiger partial charge in [-0.2, -0.15) is 0 Å². The first-order chi connectivity index (χ1) is 27.5. The minimum atomic E-state index is 0.776. The van der Waals surface area contributed by atoms with Gasteiger partial charge in [0.1, 0.15) is 23.0 Å². The van der Waals surface area contributed by atoms with Crippen molar-refractivity contribution in [2.24, 2.45) is 0 Å². The van der Waals surface area contributed by atoms with Gasteiger partial charge in [0.25, 0.3) is 0 Å². The Labute approximate surface area is 324 Å². The zero-order valence-electron chi connectivity index (χ0n) is 31.4. The van der Waals surface area contributed by atoms with E-state index in [0.717, 1.165) is 112 Å². The van der Waals surface area contributed by atoms with Crippen LogP contribution in [-0.2, 0) is 0 Å². The van der Waals surface area contributed by atoms with Crippen LogP contribution >= 0.6 is 0 Å². The molecule has 2 N–H and O–H groups in total. The number of aromatic nitrogens is 4. The first-order valence-electron chi connectivity index (χ1n) is 18.3. The van der Waals surface area contributed by atoms with Crippen molar-refractivity contribution >= 4 is 46.4 Å². The van der Waals surface area contributed by atoms with Crippen LogP contribution in [0.1, 0.15) is 22.8 Å². The zero-order valence-corrected chi connectivity index (χ0v) is 31.4. The summed E-state index contributed by atoms with van der Waals surface area (Å²) in [5.41, 5.74) is 14.8. The van der Waals surface area contributed by atoms with Crippen molar-refractivity contribution < 1.29 is 18.9 Å². The number of methoxy groups -OCH3 is 4. The molecule has 2 aliphatic rings. The number of aromatic amines is 2. The van der Waals surface area contributed by atoms with E-state index in [9.17, 15) is 0 Å². The first-order valence-corrected chi connectivity index (χ1v) is 18.3. The second-order valence-corrected chi connectivity index (χ2v) is 13.4. The van der Waals surface area contributed by atoms with Crippen molar-refractivity contribution in [3.8, 4) is 67.5 Å². The fourth-order valence-electron chi connectivity index (χ4n) is 7.42. The van der Waals surface area contributed by atoms with E-state index < -0.39 is 0 Å². The van der Waals surface area contributed by atoms with Gasteiger partial charge in [0.2, 0.25) is 0 Å². The molecule has 0 unspecified atom stereocenters. The van der Waals surface area contributed by atoms with Gasteiger partial charge in [-0.1, -0.05) is 48.5 Å². The highest BCUT2D eigenvalue weighted by Gasteiger charge is 2.20. The maximum atomic E-state index is 5.55. The maximum absolute atomic E-state index is 5.55. The molecule has 0 aliphatic carbocycles. The van der Waals surface area contributed by atoms with Gasteiger partial charge in [-0.15, -0.1) is 0 Å². The van der Waals surface area contributed by atoms with Gasteiger partial charge >= 0.3 is 0 Å². The molecular formula is C48H38N4O4. The van der Waals surface area contributed by atoms with Gasteiger partial charge in [0, 0.05) is 33.3 Å². The fraction of sp³-hybridized carbons (Fsp3) is 0.0833. The van der Waals surface area contributed by atoms with E-state index in [1.807, 2.05) is 48.5 Å². The quantitative estimate of drug-likeness (QED) is 0.161. The van der Waals surface area contributed by atoms with Gasteiger partial charge in [-0.25, -0.2) is 9.97 Å². The van der Waals surface area contributed by atoms with Crippen LogP contribution in [0.2, 0.25) is 0 Å². The van der Waals surface area contributed by atoms with E-state index in [4.69, 9.17) is 28.9 Å². The van der Waals surface area contributed by atoms with E-state index in [1.165, 1.54) is 0 Å². The van der Waals surface area contributed by atoms with Gasteiger partial charge in [-0.05, 0) is 119 Å². The summed E-state index contributed by atoms with van der Waals surface area (Å²) in [6.07, 6.45) is 8.33. The van der Waals surface area contributed by atoms with E-state index in [0.29, 0.717) is 0 Å². The van der Waals surface area contributed by atoms with Crippen molar-refractivity contribution in [2.75, 3.05) is 28.4 Å². The Balaban J connectivity index is 1.44. The van der Waals surface area contributed by atoms with Crippen molar-refractivity contribution in [3.05, 3.63) is 144 Å². The fourth-order valence-corrected chi connectivity index (χ4v) is 7.42. The Morgan fingerprint density at radius 1 is 0.304 bits per heavy atom. The number of nitrogens with one attached hydrogen (secondary N) is 2. The molecular weight excluding hydrogens is 697 g/mol. The van der Waals surface area contributed by atoms with Crippen LogP contribution in [0, 0.1) is 0 Å². The molecule has 9 rings (SSSR count). The summed E-state index contributed by atoms with van der Waals surface area (Å²) in [7, 11) is 6.71. The number of rotatable bonds is 8. The van der Waals surface area contributed by atoms with Crippen LogP contribution in [0.15, 0.2) is 121 Å². The highest BCUT2D eigenvalue weighted by atomic mass is 16.5. The average molecular weight is 735 g/mol. The van der Waals surface area contributed by atoms with Crippen molar-refractivity contribution in [3.63, 3.8) is 0 Å². The zero-order chi connectivity index (χ0) is 38.2. The second-order valence-electron chi connectivity index (χ2n) is 13.4. The lowest BCUT2D eigenvalue weighted by Crippen LogP contribution is -1.92. The molecule has 4 aromatic carbocycles. The second kappa shape index (κ2) is 14.5. The lowest BCUT2D eigenvalue weighted by Gasteiger charge is -2.13. The molecule has 5 heterocycles. The molecule has 8 heteroatoms. The van der Waals surface area contributed by atoms with E-state index in [1.54, 1.807) is 28.4 Å².